The fourth-order valence-electron chi connectivity index (χ4n) is 4.08. The Balaban J connectivity index is 1.38. The number of hydrogen-bond acceptors (Lipinski definition) is 4. The molecule has 2 atom stereocenters. The summed E-state index contributed by atoms with van der Waals surface area (Å²) in [5.74, 6) is -0.345. The van der Waals surface area contributed by atoms with E-state index in [4.69, 9.17) is 4.74 Å². The minimum atomic E-state index is -0.352. The molecule has 2 unspecified atom stereocenters. The van der Waals surface area contributed by atoms with Crippen molar-refractivity contribution in [3.63, 3.8) is 0 Å². The molecule has 3 aliphatic rings. The van der Waals surface area contributed by atoms with Crippen LogP contribution in [0.4, 0.5) is 5.69 Å². The lowest BCUT2D eigenvalue weighted by atomic mass is 9.89. The van der Waals surface area contributed by atoms with E-state index in [1.807, 2.05) is 29.2 Å². The van der Waals surface area contributed by atoms with Gasteiger partial charge in [-0.25, -0.2) is 0 Å². The standard InChI is InChI=1S/C19H25N3O3/c23-18-12-16(15-5-1-2-6-17(15)20-18)19(24)22-9-7-21(8-10-22)13-14-4-3-11-25-14/h1-2,5-6,14,16H,3-4,7-13H2,(H,20,23). The molecular weight excluding hydrogens is 318 g/mol. The zero-order valence-corrected chi connectivity index (χ0v) is 14.4. The first-order valence-corrected chi connectivity index (χ1v) is 9.22. The Morgan fingerprint density at radius 2 is 2.00 bits per heavy atom. The maximum atomic E-state index is 13.0. The number of rotatable bonds is 3. The van der Waals surface area contributed by atoms with Gasteiger partial charge in [0.15, 0.2) is 0 Å². The van der Waals surface area contributed by atoms with Gasteiger partial charge in [0.2, 0.25) is 11.8 Å². The number of amides is 2. The molecule has 2 fully saturated rings. The second-order valence-electron chi connectivity index (χ2n) is 7.15. The summed E-state index contributed by atoms with van der Waals surface area (Å²) >= 11 is 0. The Labute approximate surface area is 148 Å². The number of para-hydroxylation sites is 1. The molecule has 25 heavy (non-hydrogen) atoms. The average molecular weight is 343 g/mol. The van der Waals surface area contributed by atoms with Crippen LogP contribution in [0, 0.1) is 0 Å². The van der Waals surface area contributed by atoms with Crippen LogP contribution in [-0.2, 0) is 14.3 Å². The maximum absolute atomic E-state index is 13.0. The van der Waals surface area contributed by atoms with Gasteiger partial charge in [-0.3, -0.25) is 14.5 Å². The Morgan fingerprint density at radius 3 is 2.76 bits per heavy atom. The van der Waals surface area contributed by atoms with Crippen molar-refractivity contribution in [3.05, 3.63) is 29.8 Å². The topological polar surface area (TPSA) is 61.9 Å². The number of carbonyl (C=O) groups excluding carboxylic acids is 2. The molecule has 1 aromatic rings. The highest BCUT2D eigenvalue weighted by molar-refractivity contribution is 6.01. The fourth-order valence-corrected chi connectivity index (χ4v) is 4.08. The summed E-state index contributed by atoms with van der Waals surface area (Å²) < 4.78 is 5.71. The maximum Gasteiger partial charge on any atom is 0.230 e. The highest BCUT2D eigenvalue weighted by atomic mass is 16.5. The molecule has 2 saturated heterocycles. The number of piperazine rings is 1. The van der Waals surface area contributed by atoms with E-state index in [0.29, 0.717) is 6.10 Å². The van der Waals surface area contributed by atoms with Gasteiger partial charge in [0, 0.05) is 51.4 Å². The Morgan fingerprint density at radius 1 is 1.20 bits per heavy atom. The quantitative estimate of drug-likeness (QED) is 0.902. The number of ether oxygens (including phenoxy) is 1. The molecule has 0 spiro atoms. The zero-order chi connectivity index (χ0) is 17.2. The monoisotopic (exact) mass is 343 g/mol. The normalized spacial score (nSPS) is 27.0. The molecule has 2 amide bonds. The van der Waals surface area contributed by atoms with Crippen molar-refractivity contribution in [2.75, 3.05) is 44.6 Å². The van der Waals surface area contributed by atoms with E-state index in [9.17, 15) is 9.59 Å². The second-order valence-corrected chi connectivity index (χ2v) is 7.15. The first-order valence-electron chi connectivity index (χ1n) is 9.22. The number of anilines is 1. The zero-order valence-electron chi connectivity index (χ0n) is 14.4. The van der Waals surface area contributed by atoms with Crippen LogP contribution in [0.15, 0.2) is 24.3 Å². The minimum absolute atomic E-state index is 0.0749. The first-order chi connectivity index (χ1) is 12.2. The van der Waals surface area contributed by atoms with E-state index in [-0.39, 0.29) is 24.2 Å². The summed E-state index contributed by atoms with van der Waals surface area (Å²) in [4.78, 5) is 29.3. The molecule has 1 aromatic carbocycles. The molecule has 6 heteroatoms. The van der Waals surface area contributed by atoms with Gasteiger partial charge in [0.25, 0.3) is 0 Å². The third-order valence-electron chi connectivity index (χ3n) is 5.47. The number of nitrogens with one attached hydrogen (secondary N) is 1. The number of hydrogen-bond donors (Lipinski definition) is 1. The molecule has 134 valence electrons. The molecule has 0 aliphatic carbocycles. The molecule has 3 heterocycles. The average Bonchev–Trinajstić information content (AvgIpc) is 3.14. The van der Waals surface area contributed by atoms with Crippen LogP contribution < -0.4 is 5.32 Å². The number of carbonyl (C=O) groups is 2. The molecule has 1 N–H and O–H groups in total. The van der Waals surface area contributed by atoms with Gasteiger partial charge < -0.3 is 15.0 Å². The van der Waals surface area contributed by atoms with Gasteiger partial charge in [-0.2, -0.15) is 0 Å². The van der Waals surface area contributed by atoms with Gasteiger partial charge in [0.05, 0.1) is 12.0 Å². The summed E-state index contributed by atoms with van der Waals surface area (Å²) in [6.45, 7) is 5.07. The van der Waals surface area contributed by atoms with Crippen LogP contribution in [0.1, 0.15) is 30.7 Å². The summed E-state index contributed by atoms with van der Waals surface area (Å²) in [6, 6.07) is 7.63. The number of benzene rings is 1. The van der Waals surface area contributed by atoms with Crippen molar-refractivity contribution in [2.45, 2.75) is 31.3 Å². The highest BCUT2D eigenvalue weighted by Crippen LogP contribution is 2.33. The van der Waals surface area contributed by atoms with Crippen molar-refractivity contribution >= 4 is 17.5 Å². The Kier molecular flexibility index (Phi) is 4.72. The van der Waals surface area contributed by atoms with Crippen LogP contribution in [0.5, 0.6) is 0 Å². The van der Waals surface area contributed by atoms with Gasteiger partial charge in [-0.05, 0) is 24.5 Å². The van der Waals surface area contributed by atoms with Crippen LogP contribution in [0.25, 0.3) is 0 Å². The summed E-state index contributed by atoms with van der Waals surface area (Å²) in [5.41, 5.74) is 1.71. The van der Waals surface area contributed by atoms with Crippen molar-refractivity contribution < 1.29 is 14.3 Å². The largest absolute Gasteiger partial charge is 0.377 e. The molecule has 0 radical (unpaired) electrons. The lowest BCUT2D eigenvalue weighted by molar-refractivity contribution is -0.136. The second kappa shape index (κ2) is 7.14. The lowest BCUT2D eigenvalue weighted by Gasteiger charge is -2.38. The van der Waals surface area contributed by atoms with E-state index in [0.717, 1.165) is 63.4 Å². The van der Waals surface area contributed by atoms with E-state index in [2.05, 4.69) is 10.2 Å². The molecule has 6 nitrogen and oxygen atoms in total. The van der Waals surface area contributed by atoms with Crippen LogP contribution >= 0.6 is 0 Å². The summed E-state index contributed by atoms with van der Waals surface area (Å²) in [7, 11) is 0. The molecule has 0 aromatic heterocycles. The number of fused-ring (bicyclic) bond motifs is 1. The highest BCUT2D eigenvalue weighted by Gasteiger charge is 2.34. The molecule has 0 bridgehead atoms. The third-order valence-corrected chi connectivity index (χ3v) is 5.47. The SMILES string of the molecule is O=C1CC(C(=O)N2CCN(CC3CCCO3)CC2)c2ccccc2N1. The van der Waals surface area contributed by atoms with Crippen LogP contribution in [0.3, 0.4) is 0 Å². The van der Waals surface area contributed by atoms with Gasteiger partial charge in [0.1, 0.15) is 0 Å². The Hall–Kier alpha value is -1.92. The van der Waals surface area contributed by atoms with Crippen molar-refractivity contribution in [1.29, 1.82) is 0 Å². The van der Waals surface area contributed by atoms with E-state index >= 15 is 0 Å². The minimum Gasteiger partial charge on any atom is -0.377 e. The molecule has 3 aliphatic heterocycles. The summed E-state index contributed by atoms with van der Waals surface area (Å²) in [5, 5.41) is 2.86. The molecular formula is C19H25N3O3. The van der Waals surface area contributed by atoms with Crippen LogP contribution in [-0.4, -0.2) is 67.0 Å². The van der Waals surface area contributed by atoms with E-state index in [1.54, 1.807) is 0 Å². The van der Waals surface area contributed by atoms with Crippen molar-refractivity contribution in [3.8, 4) is 0 Å². The fraction of sp³-hybridized carbons (Fsp3) is 0.579. The van der Waals surface area contributed by atoms with Gasteiger partial charge in [-0.15, -0.1) is 0 Å². The number of nitrogens with zero attached hydrogens (tertiary/aromatic N) is 2. The smallest absolute Gasteiger partial charge is 0.230 e. The van der Waals surface area contributed by atoms with Crippen LogP contribution in [0.2, 0.25) is 0 Å². The first kappa shape index (κ1) is 16.5. The molecule has 0 saturated carbocycles. The predicted octanol–water partition coefficient (Wildman–Crippen LogP) is 1.44. The van der Waals surface area contributed by atoms with E-state index in [1.165, 1.54) is 0 Å². The van der Waals surface area contributed by atoms with Gasteiger partial charge >= 0.3 is 0 Å². The van der Waals surface area contributed by atoms with Gasteiger partial charge in [-0.1, -0.05) is 18.2 Å². The van der Waals surface area contributed by atoms with Crippen molar-refractivity contribution in [2.24, 2.45) is 0 Å². The molecule has 4 rings (SSSR count). The third kappa shape index (κ3) is 3.55. The predicted molar refractivity (Wildman–Crippen MR) is 94.4 cm³/mol. The van der Waals surface area contributed by atoms with E-state index < -0.39 is 0 Å². The lowest BCUT2D eigenvalue weighted by Crippen LogP contribution is -2.51. The van der Waals surface area contributed by atoms with Crippen molar-refractivity contribution in [1.82, 2.24) is 9.80 Å². The Bertz CT molecular complexity index is 649. The summed E-state index contributed by atoms with van der Waals surface area (Å²) in [6.07, 6.45) is 2.90.